The van der Waals surface area contributed by atoms with Gasteiger partial charge in [-0.25, -0.2) is 4.79 Å². The van der Waals surface area contributed by atoms with Crippen LogP contribution in [-0.4, -0.2) is 47.1 Å². The van der Waals surface area contributed by atoms with Crippen molar-refractivity contribution in [2.75, 3.05) is 7.11 Å². The normalized spacial score (nSPS) is 17.8. The van der Waals surface area contributed by atoms with E-state index in [1.54, 1.807) is 40.0 Å². The second kappa shape index (κ2) is 12.1. The van der Waals surface area contributed by atoms with Crippen molar-refractivity contribution in [3.63, 3.8) is 0 Å². The highest BCUT2D eigenvalue weighted by Crippen LogP contribution is 2.29. The Morgan fingerprint density at radius 2 is 1.75 bits per heavy atom. The number of carbonyl (C=O) groups excluding carboxylic acids is 1. The summed E-state index contributed by atoms with van der Waals surface area (Å²) in [5.74, 6) is -0.626. The molecule has 7 heteroatoms. The number of rotatable bonds is 10. The molecule has 0 bridgehead atoms. The first-order valence-corrected chi connectivity index (χ1v) is 11.6. The van der Waals surface area contributed by atoms with Gasteiger partial charge < -0.3 is 25.0 Å². The number of ether oxygens (including phenoxy) is 2. The van der Waals surface area contributed by atoms with Crippen molar-refractivity contribution in [3.8, 4) is 5.75 Å². The van der Waals surface area contributed by atoms with Gasteiger partial charge in [-0.05, 0) is 63.6 Å². The molecule has 3 atom stereocenters. The van der Waals surface area contributed by atoms with Gasteiger partial charge >= 0.3 is 12.1 Å². The molecule has 180 valence electrons. The first-order chi connectivity index (χ1) is 15.1. The number of hydrogen-bond donors (Lipinski definition) is 3. The molecule has 1 aliphatic rings. The van der Waals surface area contributed by atoms with E-state index in [0.29, 0.717) is 24.5 Å². The van der Waals surface area contributed by atoms with Gasteiger partial charge in [0.05, 0.1) is 25.2 Å². The second-order valence-electron chi connectivity index (χ2n) is 9.88. The lowest BCUT2D eigenvalue weighted by atomic mass is 9.82. The fraction of sp³-hybridized carbons (Fsp3) is 0.680. The number of carboxylic acid groups (broad SMARTS) is 1. The predicted octanol–water partition coefficient (Wildman–Crippen LogP) is 4.55. The molecule has 2 rings (SSSR count). The maximum atomic E-state index is 12.4. The zero-order valence-electron chi connectivity index (χ0n) is 19.8. The number of carboxylic acids is 1. The van der Waals surface area contributed by atoms with E-state index < -0.39 is 35.7 Å². The summed E-state index contributed by atoms with van der Waals surface area (Å²) in [5, 5.41) is 23.6. The second-order valence-corrected chi connectivity index (χ2v) is 9.88. The summed E-state index contributed by atoms with van der Waals surface area (Å²) < 4.78 is 10.5. The molecule has 1 aromatic carbocycles. The van der Waals surface area contributed by atoms with Crippen molar-refractivity contribution in [3.05, 3.63) is 29.8 Å². The van der Waals surface area contributed by atoms with Crippen LogP contribution in [0.25, 0.3) is 0 Å². The minimum Gasteiger partial charge on any atom is -0.497 e. The summed E-state index contributed by atoms with van der Waals surface area (Å²) in [7, 11) is 1.58. The van der Waals surface area contributed by atoms with Crippen molar-refractivity contribution in [2.45, 2.75) is 89.9 Å². The van der Waals surface area contributed by atoms with Gasteiger partial charge in [-0.3, -0.25) is 4.79 Å². The highest BCUT2D eigenvalue weighted by molar-refractivity contribution is 5.70. The number of aliphatic hydroxyl groups excluding tert-OH is 1. The third-order valence-corrected chi connectivity index (χ3v) is 6.00. The lowest BCUT2D eigenvalue weighted by Gasteiger charge is -2.32. The van der Waals surface area contributed by atoms with E-state index in [0.717, 1.165) is 31.2 Å². The number of alkyl carbamates (subject to hydrolysis) is 1. The Labute approximate surface area is 191 Å². The third kappa shape index (κ3) is 9.07. The van der Waals surface area contributed by atoms with E-state index in [-0.39, 0.29) is 6.42 Å². The molecule has 1 fully saturated rings. The van der Waals surface area contributed by atoms with Crippen LogP contribution in [0.4, 0.5) is 4.79 Å². The lowest BCUT2D eigenvalue weighted by molar-refractivity contribution is -0.143. The highest BCUT2D eigenvalue weighted by atomic mass is 16.6. The molecule has 0 unspecified atom stereocenters. The Hall–Kier alpha value is -2.28. The van der Waals surface area contributed by atoms with Crippen molar-refractivity contribution < 1.29 is 29.3 Å². The van der Waals surface area contributed by atoms with Crippen LogP contribution >= 0.6 is 0 Å². The molecular formula is C25H39NO6. The van der Waals surface area contributed by atoms with E-state index in [2.05, 4.69) is 5.32 Å². The number of amides is 1. The Balaban J connectivity index is 2.08. The van der Waals surface area contributed by atoms with Crippen LogP contribution in [-0.2, 0) is 16.0 Å². The van der Waals surface area contributed by atoms with Crippen LogP contribution in [0.2, 0.25) is 0 Å². The van der Waals surface area contributed by atoms with E-state index in [4.69, 9.17) is 9.47 Å². The molecule has 1 aromatic rings. The average molecular weight is 450 g/mol. The van der Waals surface area contributed by atoms with Crippen LogP contribution in [0.5, 0.6) is 5.75 Å². The smallest absolute Gasteiger partial charge is 0.407 e. The number of nitrogens with one attached hydrogen (secondary N) is 1. The molecule has 1 aliphatic carbocycles. The quantitative estimate of drug-likeness (QED) is 0.484. The first kappa shape index (κ1) is 26.0. The molecule has 32 heavy (non-hydrogen) atoms. The largest absolute Gasteiger partial charge is 0.497 e. The fourth-order valence-electron chi connectivity index (χ4n) is 4.33. The summed E-state index contributed by atoms with van der Waals surface area (Å²) in [6.45, 7) is 5.36. The maximum Gasteiger partial charge on any atom is 0.407 e. The topological polar surface area (TPSA) is 105 Å². The molecule has 1 saturated carbocycles. The van der Waals surface area contributed by atoms with Crippen molar-refractivity contribution in [1.82, 2.24) is 5.32 Å². The van der Waals surface area contributed by atoms with E-state index in [1.807, 2.05) is 12.1 Å². The van der Waals surface area contributed by atoms with Gasteiger partial charge in [0.2, 0.25) is 0 Å². The number of aliphatic carboxylic acids is 1. The maximum absolute atomic E-state index is 12.4. The molecule has 0 spiro atoms. The summed E-state index contributed by atoms with van der Waals surface area (Å²) in [6.07, 6.45) is 5.03. The molecule has 1 amide bonds. The third-order valence-electron chi connectivity index (χ3n) is 6.00. The van der Waals surface area contributed by atoms with Crippen LogP contribution in [0, 0.1) is 11.8 Å². The van der Waals surface area contributed by atoms with Gasteiger partial charge in [0, 0.05) is 0 Å². The summed E-state index contributed by atoms with van der Waals surface area (Å²) in [5.41, 5.74) is 0.205. The molecule has 0 saturated heterocycles. The standard InChI is InChI=1S/C25H39NO6/c1-25(2,3)32-24(30)26-21(15-17-8-6-5-7-9-17)22(27)16-19(23(28)29)14-18-10-12-20(31-4)13-11-18/h10-13,17,19,21-22,27H,5-9,14-16H2,1-4H3,(H,26,30)(H,28,29)/t19-,21+,22+/m1/s1. The number of aliphatic hydroxyl groups is 1. The molecule has 0 aliphatic heterocycles. The van der Waals surface area contributed by atoms with Gasteiger partial charge in [-0.2, -0.15) is 0 Å². The lowest BCUT2D eigenvalue weighted by Crippen LogP contribution is -2.47. The Morgan fingerprint density at radius 1 is 1.12 bits per heavy atom. The van der Waals surface area contributed by atoms with Gasteiger partial charge in [-0.1, -0.05) is 44.2 Å². The van der Waals surface area contributed by atoms with Crippen LogP contribution in [0.3, 0.4) is 0 Å². The average Bonchev–Trinajstić information content (AvgIpc) is 2.72. The molecular weight excluding hydrogens is 410 g/mol. The Bertz CT molecular complexity index is 721. The fourth-order valence-corrected chi connectivity index (χ4v) is 4.33. The van der Waals surface area contributed by atoms with Crippen molar-refractivity contribution in [1.29, 1.82) is 0 Å². The van der Waals surface area contributed by atoms with E-state index in [1.165, 1.54) is 6.42 Å². The van der Waals surface area contributed by atoms with Crippen LogP contribution in [0.1, 0.15) is 71.3 Å². The van der Waals surface area contributed by atoms with Gasteiger partial charge in [-0.15, -0.1) is 0 Å². The van der Waals surface area contributed by atoms with E-state index >= 15 is 0 Å². The zero-order valence-corrected chi connectivity index (χ0v) is 19.8. The van der Waals surface area contributed by atoms with Crippen molar-refractivity contribution >= 4 is 12.1 Å². The molecule has 3 N–H and O–H groups in total. The monoisotopic (exact) mass is 449 g/mol. The predicted molar refractivity (Wildman–Crippen MR) is 123 cm³/mol. The van der Waals surface area contributed by atoms with Gasteiger partial charge in [0.25, 0.3) is 0 Å². The molecule has 0 aromatic heterocycles. The van der Waals surface area contributed by atoms with Crippen LogP contribution in [0.15, 0.2) is 24.3 Å². The zero-order chi connectivity index (χ0) is 23.7. The number of benzene rings is 1. The van der Waals surface area contributed by atoms with Crippen LogP contribution < -0.4 is 10.1 Å². The molecule has 0 heterocycles. The summed E-state index contributed by atoms with van der Waals surface area (Å²) in [4.78, 5) is 24.4. The summed E-state index contributed by atoms with van der Waals surface area (Å²) in [6, 6.07) is 6.70. The first-order valence-electron chi connectivity index (χ1n) is 11.6. The minimum atomic E-state index is -0.983. The number of hydrogen-bond acceptors (Lipinski definition) is 5. The SMILES string of the molecule is COc1ccc(C[C@H](C[C@H](O)[C@H](CC2CCCCC2)NC(=O)OC(C)(C)C)C(=O)O)cc1. The molecule has 0 radical (unpaired) electrons. The summed E-state index contributed by atoms with van der Waals surface area (Å²) >= 11 is 0. The number of methoxy groups -OCH3 is 1. The van der Waals surface area contributed by atoms with Crippen molar-refractivity contribution in [2.24, 2.45) is 11.8 Å². The minimum absolute atomic E-state index is 0.0501. The van der Waals surface area contributed by atoms with Gasteiger partial charge in [0.15, 0.2) is 0 Å². The van der Waals surface area contributed by atoms with Gasteiger partial charge in [0.1, 0.15) is 11.4 Å². The Kier molecular flexibility index (Phi) is 9.82. The molecule has 7 nitrogen and oxygen atoms in total. The Morgan fingerprint density at radius 3 is 2.28 bits per heavy atom. The van der Waals surface area contributed by atoms with E-state index in [9.17, 15) is 19.8 Å². The highest BCUT2D eigenvalue weighted by Gasteiger charge is 2.31. The number of carbonyl (C=O) groups is 2.